The third kappa shape index (κ3) is 31.6. The van der Waals surface area contributed by atoms with E-state index in [9.17, 15) is 0 Å². The first-order valence-electron chi connectivity index (χ1n) is 24.6. The normalized spacial score (nSPS) is 12.5. The monoisotopic (exact) mass is 1010 g/mol. The number of hydrogen-bond donors (Lipinski definition) is 0. The zero-order valence-electron chi connectivity index (χ0n) is 40.6. The topological polar surface area (TPSA) is 25.8 Å². The first kappa shape index (κ1) is 64.0. The fourth-order valence-corrected chi connectivity index (χ4v) is 9.32. The molecule has 0 aromatic carbocycles. The highest BCUT2D eigenvalue weighted by atomic mass is 79.9. The van der Waals surface area contributed by atoms with Gasteiger partial charge in [-0.05, 0) is 94.2 Å². The summed E-state index contributed by atoms with van der Waals surface area (Å²) in [7, 11) is 10.1. The van der Waals surface area contributed by atoms with Crippen molar-refractivity contribution in [3.05, 3.63) is 59.2 Å². The number of hydrogen-bond acceptors (Lipinski definition) is 2. The number of pyridine rings is 2. The molecule has 2 rings (SSSR count). The maximum Gasteiger partial charge on any atom is 0.0973 e. The Kier molecular flexibility index (Phi) is 43.0. The van der Waals surface area contributed by atoms with Crippen LogP contribution in [0.1, 0.15) is 222 Å². The second-order valence-electron chi connectivity index (χ2n) is 19.5. The summed E-state index contributed by atoms with van der Waals surface area (Å²) in [5, 5.41) is 0. The molecule has 2 aromatic rings. The Morgan fingerprint density at radius 2 is 0.867 bits per heavy atom. The lowest BCUT2D eigenvalue weighted by atomic mass is 9.84. The molecule has 4 nitrogen and oxygen atoms in total. The quantitative estimate of drug-likeness (QED) is 0.0498. The fraction of sp³-hybridized carbons (Fsp3) is 0.808. The van der Waals surface area contributed by atoms with Gasteiger partial charge in [0.15, 0.2) is 0 Å². The van der Waals surface area contributed by atoms with Gasteiger partial charge in [-0.15, -0.1) is 24.8 Å². The van der Waals surface area contributed by atoms with Crippen molar-refractivity contribution < 1.29 is 42.9 Å². The zero-order chi connectivity index (χ0) is 40.7. The molecule has 354 valence electrons. The smallest absolute Gasteiger partial charge is 0.0973 e. The highest BCUT2D eigenvalue weighted by molar-refractivity contribution is 5.85. The van der Waals surface area contributed by atoms with Crippen molar-refractivity contribution in [1.82, 2.24) is 9.97 Å². The third-order valence-corrected chi connectivity index (χ3v) is 13.1. The molecule has 2 aromatic heterocycles. The Morgan fingerprint density at radius 1 is 0.467 bits per heavy atom. The molecule has 0 radical (unpaired) electrons. The number of rotatable bonds is 37. The average Bonchev–Trinajstić information content (AvgIpc) is 3.16. The molecule has 0 saturated heterocycles. The number of quaternary nitrogens is 2. The van der Waals surface area contributed by atoms with Gasteiger partial charge in [-0.2, -0.15) is 0 Å². The number of aromatic nitrogens is 2. The van der Waals surface area contributed by atoms with Crippen LogP contribution >= 0.6 is 24.8 Å². The van der Waals surface area contributed by atoms with Crippen LogP contribution in [0.5, 0.6) is 0 Å². The summed E-state index contributed by atoms with van der Waals surface area (Å²) in [5.41, 5.74) is 5.21. The van der Waals surface area contributed by atoms with E-state index >= 15 is 0 Å². The second kappa shape index (κ2) is 40.3. The second-order valence-corrected chi connectivity index (χ2v) is 19.5. The van der Waals surface area contributed by atoms with E-state index in [1.165, 1.54) is 216 Å². The lowest BCUT2D eigenvalue weighted by Gasteiger charge is -2.43. The standard InChI is InChI=1S/C52H96N4.2BrH.2ClH/c1-9-11-13-15-17-19-21-23-25-27-29-31-42-55(5,6)43-34-37-52(56(7,8)44-32-30-28-26-24-22-20-18-16-14-12-10-2)50(51-46-48(4)39-41-54-51)36-33-35-49-45-47(3)38-40-53-49;;;;/h38-41,45-46,50,52H,9-37,42-44H2,1-8H3;4*1H/q+2;;;;/p-2. The molecule has 2 unspecified atom stereocenters. The largest absolute Gasteiger partial charge is 1.00 e. The van der Waals surface area contributed by atoms with Crippen molar-refractivity contribution in [2.75, 3.05) is 47.8 Å². The minimum Gasteiger partial charge on any atom is -1.00 e. The summed E-state index contributed by atoms with van der Waals surface area (Å²) >= 11 is 0. The molecule has 0 N–H and O–H groups in total. The van der Waals surface area contributed by atoms with Gasteiger partial charge in [0.05, 0.1) is 59.8 Å². The Morgan fingerprint density at radius 3 is 1.32 bits per heavy atom. The van der Waals surface area contributed by atoms with Crippen LogP contribution in [-0.4, -0.2) is 72.8 Å². The minimum absolute atomic E-state index is 0. The van der Waals surface area contributed by atoms with Crippen molar-refractivity contribution in [2.24, 2.45) is 0 Å². The maximum absolute atomic E-state index is 5.10. The van der Waals surface area contributed by atoms with Crippen LogP contribution in [0.25, 0.3) is 0 Å². The van der Waals surface area contributed by atoms with Gasteiger partial charge in [0.25, 0.3) is 0 Å². The van der Waals surface area contributed by atoms with Crippen LogP contribution in [0, 0.1) is 13.8 Å². The average molecular weight is 1010 g/mol. The molecule has 2 heterocycles. The molecule has 8 heteroatoms. The first-order valence-corrected chi connectivity index (χ1v) is 24.6. The van der Waals surface area contributed by atoms with Crippen molar-refractivity contribution in [1.29, 1.82) is 0 Å². The van der Waals surface area contributed by atoms with Gasteiger partial charge >= 0.3 is 0 Å². The van der Waals surface area contributed by atoms with E-state index in [0.29, 0.717) is 12.0 Å². The molecule has 60 heavy (non-hydrogen) atoms. The molecule has 0 aliphatic heterocycles. The van der Waals surface area contributed by atoms with Crippen molar-refractivity contribution in [3.8, 4) is 0 Å². The van der Waals surface area contributed by atoms with Crippen LogP contribution in [-0.2, 0) is 6.42 Å². The number of likely N-dealkylation sites (N-methyl/N-ethyl adjacent to an activating group) is 1. The predicted octanol–water partition coefficient (Wildman–Crippen LogP) is 9.76. The summed E-state index contributed by atoms with van der Waals surface area (Å²) < 4.78 is 2.26. The third-order valence-electron chi connectivity index (χ3n) is 13.1. The number of aryl methyl sites for hydroxylation is 3. The Hall–Kier alpha value is -0.240. The fourth-order valence-electron chi connectivity index (χ4n) is 9.32. The molecule has 0 spiro atoms. The van der Waals surface area contributed by atoms with Gasteiger partial charge in [0.2, 0.25) is 0 Å². The molecular weight excluding hydrogens is 911 g/mol. The van der Waals surface area contributed by atoms with Crippen LogP contribution in [0.2, 0.25) is 0 Å². The first-order chi connectivity index (χ1) is 27.1. The van der Waals surface area contributed by atoms with Crippen molar-refractivity contribution >= 4 is 24.8 Å². The molecular formula is C52H98Br2Cl2N4. The molecule has 0 aliphatic rings. The summed E-state index contributed by atoms with van der Waals surface area (Å²) in [6, 6.07) is 9.54. The highest BCUT2D eigenvalue weighted by Crippen LogP contribution is 2.34. The van der Waals surface area contributed by atoms with Gasteiger partial charge < -0.3 is 42.9 Å². The minimum atomic E-state index is 0. The van der Waals surface area contributed by atoms with Crippen LogP contribution in [0.3, 0.4) is 0 Å². The molecule has 0 fully saturated rings. The van der Waals surface area contributed by atoms with Gasteiger partial charge in [-0.1, -0.05) is 142 Å². The van der Waals surface area contributed by atoms with E-state index in [2.05, 4.69) is 86.3 Å². The van der Waals surface area contributed by atoms with E-state index in [1.807, 2.05) is 6.20 Å². The molecule has 0 aliphatic carbocycles. The van der Waals surface area contributed by atoms with Crippen LogP contribution in [0.15, 0.2) is 36.7 Å². The summed E-state index contributed by atoms with van der Waals surface area (Å²) in [5.74, 6) is 0.457. The zero-order valence-corrected chi connectivity index (χ0v) is 45.4. The Labute approximate surface area is 408 Å². The summed E-state index contributed by atoms with van der Waals surface area (Å²) in [6.07, 6.45) is 44.0. The van der Waals surface area contributed by atoms with Gasteiger partial charge in [-0.3, -0.25) is 9.97 Å². The molecule has 0 saturated carbocycles. The molecule has 0 bridgehead atoms. The van der Waals surface area contributed by atoms with Crippen LogP contribution in [0.4, 0.5) is 0 Å². The summed E-state index contributed by atoms with van der Waals surface area (Å²) in [6.45, 7) is 12.9. The van der Waals surface area contributed by atoms with Gasteiger partial charge in [0, 0.05) is 36.6 Å². The number of nitrogens with zero attached hydrogens (tertiary/aromatic N) is 4. The van der Waals surface area contributed by atoms with E-state index < -0.39 is 0 Å². The highest BCUT2D eigenvalue weighted by Gasteiger charge is 2.37. The number of unbranched alkanes of at least 4 members (excludes halogenated alkanes) is 22. The van der Waals surface area contributed by atoms with Gasteiger partial charge in [-0.25, -0.2) is 0 Å². The molecule has 2 atom stereocenters. The van der Waals surface area contributed by atoms with Crippen molar-refractivity contribution in [3.63, 3.8) is 0 Å². The van der Waals surface area contributed by atoms with E-state index in [-0.39, 0.29) is 58.8 Å². The van der Waals surface area contributed by atoms with E-state index in [1.54, 1.807) is 0 Å². The van der Waals surface area contributed by atoms with Crippen molar-refractivity contribution in [2.45, 2.75) is 226 Å². The summed E-state index contributed by atoms with van der Waals surface area (Å²) in [4.78, 5) is 9.84. The number of halogens is 4. The van der Waals surface area contributed by atoms with Gasteiger partial charge in [0.1, 0.15) is 0 Å². The SMILES string of the molecule is CCCCCCCCCCCCCC[N+](C)(C)CCCC(C(CCCc1cc(C)ccn1)c1cc(C)ccn1)[N+](C)(C)CCCCCCCCCCCCCC.Cl.Cl.[Br-].[Br-]. The Bertz CT molecular complexity index is 1230. The molecule has 0 amide bonds. The lowest BCUT2D eigenvalue weighted by molar-refractivity contribution is -0.919. The van der Waals surface area contributed by atoms with E-state index in [0.717, 1.165) is 21.8 Å². The Balaban J connectivity index is -0.00000812. The predicted molar refractivity (Wildman–Crippen MR) is 262 cm³/mol. The van der Waals surface area contributed by atoms with E-state index in [4.69, 9.17) is 9.97 Å². The maximum atomic E-state index is 5.10. The van der Waals surface area contributed by atoms with Crippen LogP contribution < -0.4 is 34.0 Å². The lowest BCUT2D eigenvalue weighted by Crippen LogP contribution is -3.00.